The molecule has 1 aliphatic rings. The number of piperazine rings is 1. The van der Waals surface area contributed by atoms with Crippen LogP contribution in [0.2, 0.25) is 0 Å². The van der Waals surface area contributed by atoms with Crippen molar-refractivity contribution in [2.75, 3.05) is 32.7 Å². The summed E-state index contributed by atoms with van der Waals surface area (Å²) in [6.07, 6.45) is 4.68. The maximum atomic E-state index is 12.1. The fraction of sp³-hybridized carbons (Fsp3) is 0.588. The number of carbonyl (C=O) groups is 1. The van der Waals surface area contributed by atoms with Gasteiger partial charge in [-0.1, -0.05) is 50.1 Å². The van der Waals surface area contributed by atoms with Gasteiger partial charge in [-0.15, -0.1) is 0 Å². The molecule has 2 rings (SSSR count). The molecule has 1 heterocycles. The maximum Gasteiger partial charge on any atom is 0.236 e. The second kappa shape index (κ2) is 8.05. The van der Waals surface area contributed by atoms with E-state index in [9.17, 15) is 4.79 Å². The van der Waals surface area contributed by atoms with Gasteiger partial charge in [0.1, 0.15) is 0 Å². The zero-order chi connectivity index (χ0) is 14.2. The predicted octanol–water partition coefficient (Wildman–Crippen LogP) is 2.56. The van der Waals surface area contributed by atoms with E-state index >= 15 is 0 Å². The Morgan fingerprint density at radius 1 is 1.05 bits per heavy atom. The number of benzene rings is 1. The number of hydrogen-bond donors (Lipinski definition) is 0. The summed E-state index contributed by atoms with van der Waals surface area (Å²) in [5.41, 5.74) is 1.31. The molecule has 0 bridgehead atoms. The molecule has 3 nitrogen and oxygen atoms in total. The summed E-state index contributed by atoms with van der Waals surface area (Å²) in [6.45, 7) is 6.67. The first-order valence-electron chi connectivity index (χ1n) is 7.83. The largest absolute Gasteiger partial charge is 0.340 e. The minimum absolute atomic E-state index is 0.295. The van der Waals surface area contributed by atoms with E-state index in [2.05, 4.69) is 36.1 Å². The van der Waals surface area contributed by atoms with Crippen LogP contribution < -0.4 is 0 Å². The van der Waals surface area contributed by atoms with Gasteiger partial charge >= 0.3 is 0 Å². The minimum Gasteiger partial charge on any atom is -0.340 e. The third-order valence-electron chi connectivity index (χ3n) is 3.99. The lowest BCUT2D eigenvalue weighted by atomic mass is 10.1. The molecule has 0 atom stereocenters. The van der Waals surface area contributed by atoms with Gasteiger partial charge in [-0.05, 0) is 24.9 Å². The van der Waals surface area contributed by atoms with Crippen LogP contribution in [0.15, 0.2) is 30.3 Å². The Kier molecular flexibility index (Phi) is 6.06. The fourth-order valence-corrected chi connectivity index (χ4v) is 2.68. The van der Waals surface area contributed by atoms with Crippen molar-refractivity contribution >= 4 is 5.91 Å². The molecule has 0 N–H and O–H groups in total. The molecular formula is C17H26N2O. The standard InChI is InChI=1S/C17H26N2O/c1-2-3-7-11-18-13-14-19(17(20)15-18)12-10-16-8-5-4-6-9-16/h4-6,8-9H,2-3,7,10-15H2,1H3. The SMILES string of the molecule is CCCCCN1CCN(CCc2ccccc2)C(=O)C1. The third kappa shape index (κ3) is 4.64. The smallest absolute Gasteiger partial charge is 0.236 e. The fourth-order valence-electron chi connectivity index (χ4n) is 2.68. The van der Waals surface area contributed by atoms with E-state index in [4.69, 9.17) is 0 Å². The average molecular weight is 274 g/mol. The highest BCUT2D eigenvalue weighted by Crippen LogP contribution is 2.08. The average Bonchev–Trinajstić information content (AvgIpc) is 2.48. The van der Waals surface area contributed by atoms with Gasteiger partial charge in [-0.25, -0.2) is 0 Å². The topological polar surface area (TPSA) is 23.6 Å². The normalized spacial score (nSPS) is 16.6. The second-order valence-electron chi connectivity index (χ2n) is 5.60. The number of nitrogens with zero attached hydrogens (tertiary/aromatic N) is 2. The van der Waals surface area contributed by atoms with Crippen LogP contribution in [0.4, 0.5) is 0 Å². The quantitative estimate of drug-likeness (QED) is 0.713. The highest BCUT2D eigenvalue weighted by atomic mass is 16.2. The molecule has 1 aromatic carbocycles. The maximum absolute atomic E-state index is 12.1. The molecule has 20 heavy (non-hydrogen) atoms. The molecule has 3 heteroatoms. The molecule has 0 saturated carbocycles. The zero-order valence-corrected chi connectivity index (χ0v) is 12.6. The monoisotopic (exact) mass is 274 g/mol. The van der Waals surface area contributed by atoms with E-state index in [1.807, 2.05) is 11.0 Å². The second-order valence-corrected chi connectivity index (χ2v) is 5.60. The zero-order valence-electron chi connectivity index (χ0n) is 12.6. The molecule has 1 aliphatic heterocycles. The Morgan fingerprint density at radius 2 is 1.85 bits per heavy atom. The van der Waals surface area contributed by atoms with E-state index in [0.717, 1.165) is 32.6 Å². The number of carbonyl (C=O) groups excluding carboxylic acids is 1. The van der Waals surface area contributed by atoms with Crippen LogP contribution >= 0.6 is 0 Å². The summed E-state index contributed by atoms with van der Waals surface area (Å²) < 4.78 is 0. The Labute approximate surface area is 122 Å². The molecule has 1 saturated heterocycles. The third-order valence-corrected chi connectivity index (χ3v) is 3.99. The molecule has 0 aromatic heterocycles. The van der Waals surface area contributed by atoms with Crippen molar-refractivity contribution in [3.8, 4) is 0 Å². The summed E-state index contributed by atoms with van der Waals surface area (Å²) in [5, 5.41) is 0. The van der Waals surface area contributed by atoms with E-state index in [0.29, 0.717) is 12.5 Å². The van der Waals surface area contributed by atoms with Crippen molar-refractivity contribution in [3.63, 3.8) is 0 Å². The number of hydrogen-bond acceptors (Lipinski definition) is 2. The highest BCUT2D eigenvalue weighted by Gasteiger charge is 2.22. The lowest BCUT2D eigenvalue weighted by Crippen LogP contribution is -2.50. The number of rotatable bonds is 7. The summed E-state index contributed by atoms with van der Waals surface area (Å²) in [7, 11) is 0. The highest BCUT2D eigenvalue weighted by molar-refractivity contribution is 5.79. The lowest BCUT2D eigenvalue weighted by Gasteiger charge is -2.34. The van der Waals surface area contributed by atoms with Gasteiger partial charge in [-0.2, -0.15) is 0 Å². The Bertz CT molecular complexity index is 405. The Hall–Kier alpha value is -1.35. The first-order chi connectivity index (χ1) is 9.79. The lowest BCUT2D eigenvalue weighted by molar-refractivity contribution is -0.135. The number of unbranched alkanes of at least 4 members (excludes halogenated alkanes) is 2. The molecular weight excluding hydrogens is 248 g/mol. The van der Waals surface area contributed by atoms with Crippen LogP contribution in [0.1, 0.15) is 31.7 Å². The van der Waals surface area contributed by atoms with Crippen LogP contribution in [0, 0.1) is 0 Å². The van der Waals surface area contributed by atoms with Gasteiger partial charge in [0.25, 0.3) is 0 Å². The van der Waals surface area contributed by atoms with Crippen LogP contribution in [0.25, 0.3) is 0 Å². The van der Waals surface area contributed by atoms with Gasteiger partial charge < -0.3 is 4.90 Å². The van der Waals surface area contributed by atoms with Crippen molar-refractivity contribution in [1.82, 2.24) is 9.80 Å². The molecule has 1 aromatic rings. The Balaban J connectivity index is 1.72. The van der Waals surface area contributed by atoms with Crippen molar-refractivity contribution in [3.05, 3.63) is 35.9 Å². The van der Waals surface area contributed by atoms with E-state index < -0.39 is 0 Å². The molecule has 0 aliphatic carbocycles. The van der Waals surface area contributed by atoms with Gasteiger partial charge in [0.15, 0.2) is 0 Å². The Morgan fingerprint density at radius 3 is 2.55 bits per heavy atom. The molecule has 0 spiro atoms. The van der Waals surface area contributed by atoms with Crippen LogP contribution in [0.3, 0.4) is 0 Å². The molecule has 0 unspecified atom stereocenters. The van der Waals surface area contributed by atoms with E-state index in [-0.39, 0.29) is 0 Å². The summed E-state index contributed by atoms with van der Waals surface area (Å²) >= 11 is 0. The summed E-state index contributed by atoms with van der Waals surface area (Å²) in [4.78, 5) is 16.5. The van der Waals surface area contributed by atoms with Crippen LogP contribution in [0.5, 0.6) is 0 Å². The van der Waals surface area contributed by atoms with Gasteiger partial charge in [0.2, 0.25) is 5.91 Å². The number of amides is 1. The van der Waals surface area contributed by atoms with Gasteiger partial charge in [0.05, 0.1) is 6.54 Å². The van der Waals surface area contributed by atoms with Crippen LogP contribution in [-0.2, 0) is 11.2 Å². The summed E-state index contributed by atoms with van der Waals surface area (Å²) in [5.74, 6) is 0.295. The predicted molar refractivity (Wildman–Crippen MR) is 82.7 cm³/mol. The molecule has 0 radical (unpaired) electrons. The van der Waals surface area contributed by atoms with Crippen LogP contribution in [-0.4, -0.2) is 48.4 Å². The van der Waals surface area contributed by atoms with Crippen molar-refractivity contribution in [2.45, 2.75) is 32.6 Å². The van der Waals surface area contributed by atoms with Gasteiger partial charge in [-0.3, -0.25) is 9.69 Å². The van der Waals surface area contributed by atoms with E-state index in [1.165, 1.54) is 24.8 Å². The van der Waals surface area contributed by atoms with Crippen molar-refractivity contribution < 1.29 is 4.79 Å². The molecule has 1 amide bonds. The minimum atomic E-state index is 0.295. The first-order valence-corrected chi connectivity index (χ1v) is 7.83. The first kappa shape index (κ1) is 15.0. The molecule has 110 valence electrons. The van der Waals surface area contributed by atoms with Crippen molar-refractivity contribution in [2.24, 2.45) is 0 Å². The van der Waals surface area contributed by atoms with Crippen molar-refractivity contribution in [1.29, 1.82) is 0 Å². The van der Waals surface area contributed by atoms with E-state index in [1.54, 1.807) is 0 Å². The molecule has 1 fully saturated rings. The summed E-state index contributed by atoms with van der Waals surface area (Å²) in [6, 6.07) is 10.4. The van der Waals surface area contributed by atoms with Gasteiger partial charge in [0, 0.05) is 19.6 Å².